The van der Waals surface area contributed by atoms with E-state index in [1.807, 2.05) is 83.2 Å². The summed E-state index contributed by atoms with van der Waals surface area (Å²) in [5.74, 6) is -4.00. The highest BCUT2D eigenvalue weighted by molar-refractivity contribution is 7.93. The van der Waals surface area contributed by atoms with Gasteiger partial charge in [-0.3, -0.25) is 19.2 Å². The molecule has 358 valence electrons. The minimum atomic E-state index is -1.48. The molecule has 1 aromatic heterocycles. The minimum absolute atomic E-state index is 0.0658. The van der Waals surface area contributed by atoms with Crippen LogP contribution in [0.1, 0.15) is 87.0 Å². The molecule has 0 aliphatic carbocycles. The number of cyclic esters (lactones) is 1. The molecule has 3 aliphatic heterocycles. The monoisotopic (exact) mass is 919 g/mol. The summed E-state index contributed by atoms with van der Waals surface area (Å²) in [6.07, 6.45) is 0.453. The number of Topliss-reactive ketones (excluding diaryl/α,β-unsaturated/α-hetero) is 1. The number of methoxy groups -OCH3 is 1. The number of esters is 1. The SMILES string of the molecule is CC[C@H]1OC(=O)[C@H](CC#N)C(=O)[C@H](C)[C@@H](O[C@@H]2O[C@H](C)CC(N(C)C)C2O)[C@](C)(OC)C[C@@H](C)CN[C@H](C)[C@H]2N(CCCCn3cc(-c4cccc(N)c4)nn3)C(=O)O[C@]12C.CSF. The summed E-state index contributed by atoms with van der Waals surface area (Å²) in [5, 5.41) is 33.7. The van der Waals surface area contributed by atoms with Crippen molar-refractivity contribution >= 4 is 35.7 Å². The lowest BCUT2D eigenvalue weighted by atomic mass is 9.77. The number of nitrogens with one attached hydrogen (secondary N) is 1. The van der Waals surface area contributed by atoms with Gasteiger partial charge in [-0.25, -0.2) is 4.79 Å². The second-order valence-electron chi connectivity index (χ2n) is 18.1. The highest BCUT2D eigenvalue weighted by Gasteiger charge is 2.59. The molecule has 0 bridgehead atoms. The standard InChI is InChI=1S/C44H68N8O9.CH3FS/c1-11-35-44(7)38(52(42(56)61-44)20-13-12-19-51-25-33(48-49-51)30-15-14-16-31(46)22-30)29(5)47-24-26(2)23-43(6,57-10)39(28(4)36(53)32(17-18-45)40(55)59-35)60-41-37(54)34(50(8)9)21-27(3)58-41;1-3-2/h14-16,22,25-29,32,34-35,37-39,41,47,54H,11-13,17,19-21,23-24,46H2,1-10H3;1H3/t26-,27-,28+,29-,32-,34?,35-,37?,38-,39-,41+,43-,44-;/m1./s1. The molecule has 3 saturated heterocycles. The van der Waals surface area contributed by atoms with E-state index in [2.05, 4.69) is 22.6 Å². The lowest BCUT2D eigenvalue weighted by molar-refractivity contribution is -0.295. The van der Waals surface area contributed by atoms with Gasteiger partial charge in [-0.15, -0.1) is 5.10 Å². The molecule has 5 rings (SSSR count). The van der Waals surface area contributed by atoms with Crippen LogP contribution < -0.4 is 11.1 Å². The van der Waals surface area contributed by atoms with Crippen LogP contribution in [0.3, 0.4) is 0 Å². The Morgan fingerprint density at radius 1 is 1.16 bits per heavy atom. The number of aromatic nitrogens is 3. The average molecular weight is 919 g/mol. The Morgan fingerprint density at radius 2 is 1.84 bits per heavy atom. The lowest BCUT2D eigenvalue weighted by Crippen LogP contribution is -2.61. The summed E-state index contributed by atoms with van der Waals surface area (Å²) in [4.78, 5) is 46.4. The van der Waals surface area contributed by atoms with Crippen molar-refractivity contribution in [1.29, 1.82) is 5.26 Å². The number of fused-ring (bicyclic) bond motifs is 1. The van der Waals surface area contributed by atoms with Crippen molar-refractivity contribution in [2.24, 2.45) is 17.8 Å². The Kier molecular flexibility index (Phi) is 19.4. The van der Waals surface area contributed by atoms with Crippen LogP contribution >= 0.6 is 12.1 Å². The molecule has 64 heavy (non-hydrogen) atoms. The van der Waals surface area contributed by atoms with Gasteiger partial charge in [-0.2, -0.15) is 9.15 Å². The Morgan fingerprint density at radius 3 is 2.47 bits per heavy atom. The molecule has 1 aromatic carbocycles. The number of ether oxygens (including phenoxy) is 5. The molecule has 13 atom stereocenters. The predicted octanol–water partition coefficient (Wildman–Crippen LogP) is 5.41. The van der Waals surface area contributed by atoms with Gasteiger partial charge in [0.15, 0.2) is 17.7 Å². The molecule has 4 heterocycles. The predicted molar refractivity (Wildman–Crippen MR) is 241 cm³/mol. The molecule has 1 amide bonds. The third-order valence-electron chi connectivity index (χ3n) is 13.0. The number of rotatable bonds is 12. The summed E-state index contributed by atoms with van der Waals surface area (Å²) in [6.45, 7) is 14.5. The first-order valence-corrected chi connectivity index (χ1v) is 23.4. The molecule has 0 saturated carbocycles. The number of amides is 1. The topological polar surface area (TPSA) is 217 Å². The fraction of sp³-hybridized carbons (Fsp3) is 0.733. The van der Waals surface area contributed by atoms with Crippen LogP contribution in [0.25, 0.3) is 11.3 Å². The number of carbonyl (C=O) groups excluding carboxylic acids is 3. The molecule has 0 spiro atoms. The first-order chi connectivity index (χ1) is 30.3. The van der Waals surface area contributed by atoms with Gasteiger partial charge in [0, 0.05) is 67.9 Å². The second kappa shape index (κ2) is 23.5. The number of aliphatic hydroxyl groups is 1. The van der Waals surface area contributed by atoms with E-state index in [0.717, 1.165) is 5.56 Å². The van der Waals surface area contributed by atoms with E-state index in [4.69, 9.17) is 29.4 Å². The number of halogens is 1. The van der Waals surface area contributed by atoms with Crippen molar-refractivity contribution in [1.82, 2.24) is 30.1 Å². The molecule has 4 N–H and O–H groups in total. The number of anilines is 1. The summed E-state index contributed by atoms with van der Waals surface area (Å²) in [6, 6.07) is 8.26. The van der Waals surface area contributed by atoms with Crippen LogP contribution in [0.2, 0.25) is 0 Å². The second-order valence-corrected chi connectivity index (χ2v) is 18.4. The number of nitrogen functional groups attached to an aromatic ring is 1. The Balaban J connectivity index is 0.00000291. The number of aliphatic hydroxyl groups excluding tert-OH is 1. The molecular weight excluding hydrogens is 848 g/mol. The molecule has 2 aromatic rings. The van der Waals surface area contributed by atoms with E-state index in [9.17, 15) is 28.6 Å². The molecule has 0 radical (unpaired) electrons. The Bertz CT molecular complexity index is 1890. The molecular formula is C45H71FN8O9S. The van der Waals surface area contributed by atoms with Crippen LogP contribution in [-0.4, -0.2) is 148 Å². The molecule has 17 nitrogen and oxygen atoms in total. The fourth-order valence-electron chi connectivity index (χ4n) is 9.63. The maximum Gasteiger partial charge on any atom is 0.410 e. The Labute approximate surface area is 382 Å². The molecule has 3 fully saturated rings. The summed E-state index contributed by atoms with van der Waals surface area (Å²) in [7, 11) is 5.31. The zero-order valence-electron chi connectivity index (χ0n) is 39.4. The number of nitriles is 1. The first-order valence-electron chi connectivity index (χ1n) is 22.2. The Hall–Kier alpha value is -3.90. The summed E-state index contributed by atoms with van der Waals surface area (Å²) in [5.41, 5.74) is 5.74. The van der Waals surface area contributed by atoms with Crippen molar-refractivity contribution in [3.63, 3.8) is 0 Å². The summed E-state index contributed by atoms with van der Waals surface area (Å²) >= 11 is 0.250. The number of nitrogens with two attached hydrogens (primary N) is 1. The highest BCUT2D eigenvalue weighted by atomic mass is 32.2. The molecule has 3 aliphatic rings. The van der Waals surface area contributed by atoms with Crippen molar-refractivity contribution in [3.05, 3.63) is 30.5 Å². The number of ketones is 1. The van der Waals surface area contributed by atoms with Crippen molar-refractivity contribution in [2.45, 2.75) is 154 Å². The lowest BCUT2D eigenvalue weighted by Gasteiger charge is -2.46. The maximum absolute atomic E-state index is 14.6. The van der Waals surface area contributed by atoms with Gasteiger partial charge in [-0.1, -0.05) is 38.1 Å². The van der Waals surface area contributed by atoms with Gasteiger partial charge < -0.3 is 44.7 Å². The number of nitrogens with zero attached hydrogens (tertiary/aromatic N) is 6. The van der Waals surface area contributed by atoms with Gasteiger partial charge in [0.2, 0.25) is 0 Å². The largest absolute Gasteiger partial charge is 0.457 e. The van der Waals surface area contributed by atoms with Crippen LogP contribution in [0.15, 0.2) is 30.5 Å². The number of unbranched alkanes of at least 4 members (excludes halogenated alkanes) is 1. The van der Waals surface area contributed by atoms with E-state index < -0.39 is 77.9 Å². The van der Waals surface area contributed by atoms with Gasteiger partial charge in [0.05, 0.1) is 42.5 Å². The van der Waals surface area contributed by atoms with E-state index in [1.165, 1.54) is 6.26 Å². The van der Waals surface area contributed by atoms with Crippen LogP contribution in [-0.2, 0) is 39.8 Å². The zero-order chi connectivity index (χ0) is 47.5. The van der Waals surface area contributed by atoms with Crippen LogP contribution in [0.4, 0.5) is 14.4 Å². The van der Waals surface area contributed by atoms with E-state index in [-0.39, 0.29) is 42.7 Å². The van der Waals surface area contributed by atoms with Gasteiger partial charge in [0.1, 0.15) is 23.8 Å². The quantitative estimate of drug-likeness (QED) is 0.105. The van der Waals surface area contributed by atoms with Crippen molar-refractivity contribution in [2.75, 3.05) is 46.3 Å². The number of hydrogen-bond acceptors (Lipinski definition) is 16. The number of aryl methyl sites for hydroxylation is 1. The van der Waals surface area contributed by atoms with Crippen LogP contribution in [0, 0.1) is 29.1 Å². The van der Waals surface area contributed by atoms with E-state index >= 15 is 0 Å². The third kappa shape index (κ3) is 12.5. The van der Waals surface area contributed by atoms with Gasteiger partial charge >= 0.3 is 12.1 Å². The highest BCUT2D eigenvalue weighted by Crippen LogP contribution is 2.40. The fourth-order valence-corrected chi connectivity index (χ4v) is 9.63. The van der Waals surface area contributed by atoms with Gasteiger partial charge in [0.25, 0.3) is 0 Å². The zero-order valence-corrected chi connectivity index (χ0v) is 40.2. The van der Waals surface area contributed by atoms with E-state index in [1.54, 1.807) is 30.5 Å². The number of benzene rings is 1. The maximum atomic E-state index is 14.6. The van der Waals surface area contributed by atoms with Crippen molar-refractivity contribution < 1.29 is 47.1 Å². The number of hydrogen-bond donors (Lipinski definition) is 3. The van der Waals surface area contributed by atoms with E-state index in [0.29, 0.717) is 56.7 Å². The minimum Gasteiger partial charge on any atom is -0.457 e. The third-order valence-corrected chi connectivity index (χ3v) is 13.0. The molecule has 2 unspecified atom stereocenters. The van der Waals surface area contributed by atoms with Crippen LogP contribution in [0.5, 0.6) is 0 Å². The average Bonchev–Trinajstić information content (AvgIpc) is 3.83. The van der Waals surface area contributed by atoms with Gasteiger partial charge in [-0.05, 0) is 98.5 Å². The van der Waals surface area contributed by atoms with Crippen molar-refractivity contribution in [3.8, 4) is 17.3 Å². The number of carbonyl (C=O) groups is 3. The normalized spacial score (nSPS) is 34.1. The molecule has 19 heteroatoms. The first kappa shape index (κ1) is 52.7. The summed E-state index contributed by atoms with van der Waals surface area (Å²) < 4.78 is 43.5. The number of likely N-dealkylation sites (N-methyl/N-ethyl adjacent to an activating group) is 1. The smallest absolute Gasteiger partial charge is 0.410 e.